The van der Waals surface area contributed by atoms with Gasteiger partial charge >= 0.3 is 12.4 Å². The summed E-state index contributed by atoms with van der Waals surface area (Å²) >= 11 is 5.56. The summed E-state index contributed by atoms with van der Waals surface area (Å²) in [7, 11) is -4.23. The highest BCUT2D eigenvalue weighted by atomic mass is 35.5. The van der Waals surface area contributed by atoms with Gasteiger partial charge in [-0.25, -0.2) is 8.42 Å². The summed E-state index contributed by atoms with van der Waals surface area (Å²) < 4.78 is 103. The first-order chi connectivity index (χ1) is 14.5. The average Bonchev–Trinajstić information content (AvgIpc) is 2.65. The first-order valence-electron chi connectivity index (χ1n) is 8.82. The molecule has 0 radical (unpaired) electrons. The summed E-state index contributed by atoms with van der Waals surface area (Å²) in [5.41, 5.74) is -2.58. The monoisotopic (exact) mass is 502 g/mol. The number of rotatable bonds is 6. The average molecular weight is 503 g/mol. The van der Waals surface area contributed by atoms with Gasteiger partial charge in [-0.05, 0) is 42.8 Å². The molecule has 0 spiro atoms. The van der Waals surface area contributed by atoms with Gasteiger partial charge in [0, 0.05) is 6.54 Å². The number of carbonyl (C=O) groups excluding carboxylic acids is 1. The van der Waals surface area contributed by atoms with Crippen molar-refractivity contribution in [1.29, 1.82) is 0 Å². The van der Waals surface area contributed by atoms with Crippen LogP contribution in [0.1, 0.15) is 23.6 Å². The van der Waals surface area contributed by atoms with E-state index in [-0.39, 0.29) is 12.1 Å². The highest BCUT2D eigenvalue weighted by Gasteiger charge is 2.36. The third-order valence-electron chi connectivity index (χ3n) is 4.32. The quantitative estimate of drug-likeness (QED) is 0.574. The van der Waals surface area contributed by atoms with Crippen LogP contribution in [-0.4, -0.2) is 26.6 Å². The normalized spacial score (nSPS) is 13.5. The lowest BCUT2D eigenvalue weighted by Gasteiger charge is -2.29. The summed E-state index contributed by atoms with van der Waals surface area (Å²) in [6.07, 6.45) is -8.76. The Morgan fingerprint density at radius 2 is 1.69 bits per heavy atom. The number of hydrogen-bond acceptors (Lipinski definition) is 3. The molecule has 0 aromatic heterocycles. The molecule has 0 aliphatic rings. The maximum absolute atomic E-state index is 13.2. The summed E-state index contributed by atoms with van der Waals surface area (Å²) in [4.78, 5) is 12.5. The smallest absolute Gasteiger partial charge is 0.350 e. The van der Waals surface area contributed by atoms with Crippen LogP contribution in [0.5, 0.6) is 0 Å². The van der Waals surface area contributed by atoms with E-state index < -0.39 is 56.2 Å². The molecular formula is C19H17ClF6N2O3S. The van der Waals surface area contributed by atoms with Crippen molar-refractivity contribution in [3.8, 4) is 0 Å². The minimum absolute atomic E-state index is 0.0946. The van der Waals surface area contributed by atoms with Crippen LogP contribution in [0.4, 0.5) is 32.0 Å². The number of carbonyl (C=O) groups is 1. The van der Waals surface area contributed by atoms with Crippen LogP contribution >= 0.6 is 11.6 Å². The van der Waals surface area contributed by atoms with Crippen molar-refractivity contribution in [1.82, 2.24) is 5.32 Å². The van der Waals surface area contributed by atoms with Crippen molar-refractivity contribution < 1.29 is 39.6 Å². The Balaban J connectivity index is 2.30. The Hall–Kier alpha value is -2.47. The number of hydrogen-bond donors (Lipinski definition) is 1. The number of halogens is 7. The number of nitrogens with one attached hydrogen (secondary N) is 1. The number of alkyl halides is 6. The Kier molecular flexibility index (Phi) is 7.40. The van der Waals surface area contributed by atoms with E-state index in [0.717, 1.165) is 37.3 Å². The zero-order valence-corrected chi connectivity index (χ0v) is 18.1. The van der Waals surface area contributed by atoms with Gasteiger partial charge in [-0.15, -0.1) is 0 Å². The SMILES string of the molecule is C[C@@H](C(=O)NCc1cccc(C(F)(F)F)c1)N(c1ccc(Cl)c(C(F)(F)F)c1)S(C)(=O)=O. The first-order valence-corrected chi connectivity index (χ1v) is 11.0. The first kappa shape index (κ1) is 25.8. The van der Waals surface area contributed by atoms with E-state index in [4.69, 9.17) is 11.6 Å². The van der Waals surface area contributed by atoms with Gasteiger partial charge in [0.2, 0.25) is 15.9 Å². The second kappa shape index (κ2) is 9.18. The summed E-state index contributed by atoms with van der Waals surface area (Å²) in [5, 5.41) is 1.64. The fourth-order valence-electron chi connectivity index (χ4n) is 2.87. The highest BCUT2D eigenvalue weighted by Crippen LogP contribution is 2.37. The van der Waals surface area contributed by atoms with Gasteiger partial charge < -0.3 is 5.32 Å². The van der Waals surface area contributed by atoms with Gasteiger partial charge in [-0.3, -0.25) is 9.10 Å². The fraction of sp³-hybridized carbons (Fsp3) is 0.316. The molecule has 13 heteroatoms. The largest absolute Gasteiger partial charge is 0.417 e. The van der Waals surface area contributed by atoms with Gasteiger partial charge in [0.15, 0.2) is 0 Å². The lowest BCUT2D eigenvalue weighted by Crippen LogP contribution is -2.47. The van der Waals surface area contributed by atoms with E-state index >= 15 is 0 Å². The molecule has 176 valence electrons. The van der Waals surface area contributed by atoms with Crippen LogP contribution in [0.3, 0.4) is 0 Å². The van der Waals surface area contributed by atoms with Gasteiger partial charge in [0.25, 0.3) is 0 Å². The van der Waals surface area contributed by atoms with E-state index in [0.29, 0.717) is 16.6 Å². The van der Waals surface area contributed by atoms with E-state index in [1.54, 1.807) is 0 Å². The van der Waals surface area contributed by atoms with Crippen molar-refractivity contribution in [3.63, 3.8) is 0 Å². The van der Waals surface area contributed by atoms with Gasteiger partial charge in [0.1, 0.15) is 6.04 Å². The molecule has 1 amide bonds. The predicted molar refractivity (Wildman–Crippen MR) is 107 cm³/mol. The molecule has 2 aromatic rings. The maximum Gasteiger partial charge on any atom is 0.417 e. The molecule has 0 unspecified atom stereocenters. The molecule has 0 saturated carbocycles. The molecule has 2 rings (SSSR count). The number of benzene rings is 2. The Morgan fingerprint density at radius 1 is 1.06 bits per heavy atom. The molecule has 0 heterocycles. The van der Waals surface area contributed by atoms with Crippen molar-refractivity contribution >= 4 is 33.2 Å². The highest BCUT2D eigenvalue weighted by molar-refractivity contribution is 7.92. The topological polar surface area (TPSA) is 66.5 Å². The predicted octanol–water partition coefficient (Wildman–Crippen LogP) is 4.85. The van der Waals surface area contributed by atoms with Crippen LogP contribution < -0.4 is 9.62 Å². The number of anilines is 1. The van der Waals surface area contributed by atoms with E-state index in [2.05, 4.69) is 5.32 Å². The van der Waals surface area contributed by atoms with Crippen molar-refractivity contribution in [2.75, 3.05) is 10.6 Å². The van der Waals surface area contributed by atoms with E-state index in [1.165, 1.54) is 6.07 Å². The van der Waals surface area contributed by atoms with Crippen LogP contribution in [0.2, 0.25) is 5.02 Å². The molecule has 0 bridgehead atoms. The zero-order valence-electron chi connectivity index (χ0n) is 16.6. The van der Waals surface area contributed by atoms with Gasteiger partial charge in [-0.1, -0.05) is 23.7 Å². The van der Waals surface area contributed by atoms with E-state index in [1.807, 2.05) is 0 Å². The lowest BCUT2D eigenvalue weighted by atomic mass is 10.1. The molecule has 0 aliphatic heterocycles. The van der Waals surface area contributed by atoms with Crippen LogP contribution in [0.25, 0.3) is 0 Å². The Morgan fingerprint density at radius 3 is 2.22 bits per heavy atom. The number of amides is 1. The van der Waals surface area contributed by atoms with Crippen LogP contribution in [0, 0.1) is 0 Å². The summed E-state index contributed by atoms with van der Waals surface area (Å²) in [5.74, 6) is -0.934. The minimum atomic E-state index is -4.87. The lowest BCUT2D eigenvalue weighted by molar-refractivity contribution is -0.138. The van der Waals surface area contributed by atoms with Crippen LogP contribution in [-0.2, 0) is 33.7 Å². The van der Waals surface area contributed by atoms with Gasteiger partial charge in [0.05, 0.1) is 28.1 Å². The second-order valence-electron chi connectivity index (χ2n) is 6.81. The molecule has 2 aromatic carbocycles. The third kappa shape index (κ3) is 6.28. The number of nitrogens with zero attached hydrogens (tertiary/aromatic N) is 1. The molecular weight excluding hydrogens is 486 g/mol. The summed E-state index contributed by atoms with van der Waals surface area (Å²) in [6.45, 7) is 0.767. The minimum Gasteiger partial charge on any atom is -0.350 e. The summed E-state index contributed by atoms with van der Waals surface area (Å²) in [6, 6.07) is 4.97. The Labute approximate surface area is 185 Å². The molecule has 1 N–H and O–H groups in total. The molecule has 0 fully saturated rings. The van der Waals surface area contributed by atoms with Crippen molar-refractivity contribution in [2.24, 2.45) is 0 Å². The maximum atomic E-state index is 13.2. The molecule has 0 aliphatic carbocycles. The van der Waals surface area contributed by atoms with Gasteiger partial charge in [-0.2, -0.15) is 26.3 Å². The standard InChI is InChI=1S/C19H17ClF6N2O3S/c1-11(17(29)27-10-12-4-3-5-13(8-12)18(21,22)23)28(32(2,30)31)14-6-7-16(20)15(9-14)19(24,25)26/h3-9,11H,10H2,1-2H3,(H,27,29)/t11-/m0/s1. The molecule has 1 atom stereocenters. The molecule has 0 saturated heterocycles. The van der Waals surface area contributed by atoms with Crippen LogP contribution in [0.15, 0.2) is 42.5 Å². The van der Waals surface area contributed by atoms with Crippen molar-refractivity contribution in [3.05, 3.63) is 64.2 Å². The third-order valence-corrected chi connectivity index (χ3v) is 5.89. The second-order valence-corrected chi connectivity index (χ2v) is 9.08. The fourth-order valence-corrected chi connectivity index (χ4v) is 4.26. The van der Waals surface area contributed by atoms with Crippen molar-refractivity contribution in [2.45, 2.75) is 31.9 Å². The molecule has 5 nitrogen and oxygen atoms in total. The zero-order chi connectivity index (χ0) is 24.5. The Bertz CT molecular complexity index is 1100. The molecule has 32 heavy (non-hydrogen) atoms. The van der Waals surface area contributed by atoms with E-state index in [9.17, 15) is 39.6 Å². The number of sulfonamides is 1.